The van der Waals surface area contributed by atoms with E-state index in [9.17, 15) is 4.79 Å². The summed E-state index contributed by atoms with van der Waals surface area (Å²) in [7, 11) is 0. The zero-order valence-corrected chi connectivity index (χ0v) is 13.9. The van der Waals surface area contributed by atoms with Gasteiger partial charge in [0, 0.05) is 13.0 Å². The third kappa shape index (κ3) is 3.47. The number of fused-ring (bicyclic) bond motifs is 1. The van der Waals surface area contributed by atoms with Gasteiger partial charge in [-0.15, -0.1) is 10.2 Å². The molecule has 2 aromatic rings. The van der Waals surface area contributed by atoms with Crippen molar-refractivity contribution in [1.82, 2.24) is 14.8 Å². The van der Waals surface area contributed by atoms with E-state index in [0.717, 1.165) is 37.2 Å². The molecule has 0 fully saturated rings. The topological polar surface area (TPSA) is 69.0 Å². The maximum absolute atomic E-state index is 12.3. The van der Waals surface area contributed by atoms with E-state index < -0.39 is 6.10 Å². The Kier molecular flexibility index (Phi) is 4.52. The Labute approximate surface area is 139 Å². The number of hydrogen-bond acceptors (Lipinski definition) is 4. The number of ether oxygens (including phenoxy) is 1. The van der Waals surface area contributed by atoms with Crippen molar-refractivity contribution in [1.29, 1.82) is 0 Å². The number of nitrogens with one attached hydrogen (secondary N) is 1. The molecule has 0 bridgehead atoms. The monoisotopic (exact) mass is 334 g/mol. The second-order valence-electron chi connectivity index (χ2n) is 5.73. The molecule has 1 amide bonds. The number of aromatic nitrogens is 3. The summed E-state index contributed by atoms with van der Waals surface area (Å²) in [6, 6.07) is 5.46. The van der Waals surface area contributed by atoms with Gasteiger partial charge >= 0.3 is 0 Å². The van der Waals surface area contributed by atoms with Crippen molar-refractivity contribution in [3.05, 3.63) is 34.6 Å². The number of hydrogen-bond donors (Lipinski definition) is 1. The summed E-state index contributed by atoms with van der Waals surface area (Å²) in [5.41, 5.74) is 1.02. The lowest BCUT2D eigenvalue weighted by Crippen LogP contribution is -2.31. The van der Waals surface area contributed by atoms with Gasteiger partial charge in [-0.1, -0.05) is 17.7 Å². The Balaban J connectivity index is 1.68. The highest BCUT2D eigenvalue weighted by Crippen LogP contribution is 2.26. The molecule has 1 aliphatic rings. The first-order valence-corrected chi connectivity index (χ1v) is 8.08. The number of carbonyl (C=O) groups is 1. The van der Waals surface area contributed by atoms with Crippen LogP contribution in [0.1, 0.15) is 31.2 Å². The number of carbonyl (C=O) groups excluding carboxylic acids is 1. The molecule has 1 aromatic carbocycles. The van der Waals surface area contributed by atoms with Crippen molar-refractivity contribution >= 4 is 23.5 Å². The highest BCUT2D eigenvalue weighted by molar-refractivity contribution is 6.32. The van der Waals surface area contributed by atoms with Crippen molar-refractivity contribution in [2.45, 2.75) is 45.8 Å². The van der Waals surface area contributed by atoms with Crippen molar-refractivity contribution in [2.24, 2.45) is 0 Å². The third-order valence-electron chi connectivity index (χ3n) is 3.85. The fraction of sp³-hybridized carbons (Fsp3) is 0.438. The summed E-state index contributed by atoms with van der Waals surface area (Å²) in [5, 5.41) is 11.4. The van der Waals surface area contributed by atoms with Crippen LogP contribution in [0.2, 0.25) is 5.02 Å². The maximum atomic E-state index is 12.3. The van der Waals surface area contributed by atoms with Gasteiger partial charge in [-0.2, -0.15) is 0 Å². The molecule has 1 atom stereocenters. The Hall–Kier alpha value is -2.08. The number of aryl methyl sites for hydroxylation is 2. The largest absolute Gasteiger partial charge is 0.479 e. The van der Waals surface area contributed by atoms with Gasteiger partial charge in [0.2, 0.25) is 5.95 Å². The van der Waals surface area contributed by atoms with Gasteiger partial charge in [-0.3, -0.25) is 14.7 Å². The quantitative estimate of drug-likeness (QED) is 0.933. The lowest BCUT2D eigenvalue weighted by atomic mass is 10.2. The molecule has 1 aromatic heterocycles. The fourth-order valence-electron chi connectivity index (χ4n) is 2.56. The first-order valence-electron chi connectivity index (χ1n) is 7.70. The minimum absolute atomic E-state index is 0.275. The molecule has 23 heavy (non-hydrogen) atoms. The van der Waals surface area contributed by atoms with E-state index in [-0.39, 0.29) is 5.91 Å². The van der Waals surface area contributed by atoms with Crippen molar-refractivity contribution in [3.8, 4) is 5.75 Å². The van der Waals surface area contributed by atoms with Crippen LogP contribution in [0.4, 0.5) is 5.95 Å². The Morgan fingerprint density at radius 1 is 1.39 bits per heavy atom. The highest BCUT2D eigenvalue weighted by Gasteiger charge is 2.21. The number of benzene rings is 1. The third-order valence-corrected chi connectivity index (χ3v) is 4.17. The molecule has 0 radical (unpaired) electrons. The molecular weight excluding hydrogens is 316 g/mol. The van der Waals surface area contributed by atoms with E-state index in [4.69, 9.17) is 16.3 Å². The summed E-state index contributed by atoms with van der Waals surface area (Å²) in [4.78, 5) is 12.3. The van der Waals surface area contributed by atoms with Gasteiger partial charge in [0.25, 0.3) is 5.91 Å². The zero-order valence-electron chi connectivity index (χ0n) is 13.2. The van der Waals surface area contributed by atoms with E-state index in [2.05, 4.69) is 15.5 Å². The number of anilines is 1. The molecular formula is C16H19ClN4O2. The highest BCUT2D eigenvalue weighted by atomic mass is 35.5. The van der Waals surface area contributed by atoms with Crippen molar-refractivity contribution in [2.75, 3.05) is 5.32 Å². The molecule has 3 rings (SSSR count). The standard InChI is InChI=1S/C16H19ClN4O2/c1-10-6-7-12(17)13(9-10)23-11(2)15(22)18-16-20-19-14-5-3-4-8-21(14)16/h6-7,9,11H,3-5,8H2,1-2H3,(H,18,20,22)/t11-/m0/s1. The fourth-order valence-corrected chi connectivity index (χ4v) is 2.72. The smallest absolute Gasteiger partial charge is 0.267 e. The van der Waals surface area contributed by atoms with E-state index in [1.807, 2.05) is 23.6 Å². The first-order chi connectivity index (χ1) is 11.0. The predicted molar refractivity (Wildman–Crippen MR) is 87.9 cm³/mol. The van der Waals surface area contributed by atoms with Crippen LogP contribution in [0.5, 0.6) is 5.75 Å². The van der Waals surface area contributed by atoms with Crippen LogP contribution in [0.3, 0.4) is 0 Å². The summed E-state index contributed by atoms with van der Waals surface area (Å²) in [6.45, 7) is 4.45. The van der Waals surface area contributed by atoms with Crippen LogP contribution < -0.4 is 10.1 Å². The number of nitrogens with zero attached hydrogens (tertiary/aromatic N) is 3. The van der Waals surface area contributed by atoms with Gasteiger partial charge < -0.3 is 4.74 Å². The summed E-state index contributed by atoms with van der Waals surface area (Å²) >= 11 is 6.10. The molecule has 0 saturated heterocycles. The van der Waals surface area contributed by atoms with E-state index in [1.54, 1.807) is 13.0 Å². The van der Waals surface area contributed by atoms with Crippen molar-refractivity contribution < 1.29 is 9.53 Å². The van der Waals surface area contributed by atoms with E-state index in [0.29, 0.717) is 16.7 Å². The van der Waals surface area contributed by atoms with Gasteiger partial charge in [0.05, 0.1) is 5.02 Å². The molecule has 122 valence electrons. The Bertz CT molecular complexity index is 729. The lowest BCUT2D eigenvalue weighted by Gasteiger charge is -2.17. The summed E-state index contributed by atoms with van der Waals surface area (Å²) in [6.07, 6.45) is 2.38. The molecule has 1 N–H and O–H groups in total. The van der Waals surface area contributed by atoms with Gasteiger partial charge in [-0.05, 0) is 44.4 Å². The first kappa shape index (κ1) is 15.8. The molecule has 1 aliphatic heterocycles. The molecule has 0 unspecified atom stereocenters. The molecule has 0 saturated carbocycles. The van der Waals surface area contributed by atoms with Gasteiger partial charge in [0.1, 0.15) is 11.6 Å². The van der Waals surface area contributed by atoms with Crippen LogP contribution >= 0.6 is 11.6 Å². The minimum Gasteiger partial charge on any atom is -0.479 e. The normalized spacial score (nSPS) is 14.9. The molecule has 0 aliphatic carbocycles. The molecule has 0 spiro atoms. The second kappa shape index (κ2) is 6.58. The van der Waals surface area contributed by atoms with Gasteiger partial charge in [0.15, 0.2) is 6.10 Å². The molecule has 2 heterocycles. The van der Waals surface area contributed by atoms with Crippen LogP contribution in [0.25, 0.3) is 0 Å². The Morgan fingerprint density at radius 2 is 2.22 bits per heavy atom. The number of rotatable bonds is 4. The molecule has 7 heteroatoms. The zero-order chi connectivity index (χ0) is 16.4. The SMILES string of the molecule is Cc1ccc(Cl)c(O[C@@H](C)C(=O)Nc2nnc3n2CCCC3)c1. The average Bonchev–Trinajstić information content (AvgIpc) is 2.94. The Morgan fingerprint density at radius 3 is 3.04 bits per heavy atom. The van der Waals surface area contributed by atoms with Crippen molar-refractivity contribution in [3.63, 3.8) is 0 Å². The lowest BCUT2D eigenvalue weighted by molar-refractivity contribution is -0.122. The van der Waals surface area contributed by atoms with E-state index in [1.165, 1.54) is 0 Å². The number of amides is 1. The summed E-state index contributed by atoms with van der Waals surface area (Å²) < 4.78 is 7.63. The van der Waals surface area contributed by atoms with Crippen LogP contribution in [0.15, 0.2) is 18.2 Å². The van der Waals surface area contributed by atoms with E-state index >= 15 is 0 Å². The maximum Gasteiger partial charge on any atom is 0.267 e. The van der Waals surface area contributed by atoms with Crippen LogP contribution in [0, 0.1) is 6.92 Å². The average molecular weight is 335 g/mol. The van der Waals surface area contributed by atoms with Gasteiger partial charge in [-0.25, -0.2) is 0 Å². The predicted octanol–water partition coefficient (Wildman–Crippen LogP) is 2.98. The summed E-state index contributed by atoms with van der Waals surface area (Å²) in [5.74, 6) is 1.62. The van der Waals surface area contributed by atoms with Crippen LogP contribution in [-0.4, -0.2) is 26.8 Å². The minimum atomic E-state index is -0.689. The second-order valence-corrected chi connectivity index (χ2v) is 6.14. The van der Waals surface area contributed by atoms with Crippen LogP contribution in [-0.2, 0) is 17.8 Å². The molecule has 6 nitrogen and oxygen atoms in total. The number of halogens is 1.